The lowest BCUT2D eigenvalue weighted by molar-refractivity contribution is -0.123. The van der Waals surface area contributed by atoms with Gasteiger partial charge in [0.05, 0.1) is 0 Å². The van der Waals surface area contributed by atoms with Gasteiger partial charge in [0.1, 0.15) is 11.9 Å². The average molecular weight is 265 g/mol. The Hall–Kier alpha value is -1.46. The number of nitrogens with two attached hydrogens (primary N) is 1. The Bertz CT molecular complexity index is 456. The van der Waals surface area contributed by atoms with E-state index in [1.807, 2.05) is 11.8 Å². The van der Waals surface area contributed by atoms with Crippen LogP contribution in [-0.4, -0.2) is 37.0 Å². The van der Waals surface area contributed by atoms with Crippen LogP contribution in [0.15, 0.2) is 18.2 Å². The predicted molar refractivity (Wildman–Crippen MR) is 72.1 cm³/mol. The summed E-state index contributed by atoms with van der Waals surface area (Å²) < 4.78 is 13.4. The van der Waals surface area contributed by atoms with Crippen molar-refractivity contribution < 1.29 is 9.18 Å². The number of hydrogen-bond donors (Lipinski definition) is 2. The first-order chi connectivity index (χ1) is 9.09. The van der Waals surface area contributed by atoms with Gasteiger partial charge in [-0.25, -0.2) is 4.39 Å². The summed E-state index contributed by atoms with van der Waals surface area (Å²) >= 11 is 0. The summed E-state index contributed by atoms with van der Waals surface area (Å²) in [5.74, 6) is -0.754. The Morgan fingerprint density at radius 3 is 2.95 bits per heavy atom. The van der Waals surface area contributed by atoms with Gasteiger partial charge in [0.15, 0.2) is 0 Å². The Morgan fingerprint density at radius 1 is 1.42 bits per heavy atom. The Morgan fingerprint density at radius 2 is 2.21 bits per heavy atom. The summed E-state index contributed by atoms with van der Waals surface area (Å²) in [6, 6.07) is 3.97. The monoisotopic (exact) mass is 265 g/mol. The maximum atomic E-state index is 13.4. The van der Waals surface area contributed by atoms with E-state index in [2.05, 4.69) is 5.32 Å². The molecule has 0 saturated carbocycles. The van der Waals surface area contributed by atoms with E-state index in [4.69, 9.17) is 5.73 Å². The van der Waals surface area contributed by atoms with E-state index in [0.29, 0.717) is 5.56 Å². The quantitative estimate of drug-likeness (QED) is 0.855. The van der Waals surface area contributed by atoms with E-state index in [0.717, 1.165) is 38.2 Å². The summed E-state index contributed by atoms with van der Waals surface area (Å²) in [7, 11) is 0. The molecule has 1 amide bonds. The maximum absolute atomic E-state index is 13.4. The topological polar surface area (TPSA) is 58.4 Å². The molecule has 0 radical (unpaired) electrons. The summed E-state index contributed by atoms with van der Waals surface area (Å²) in [4.78, 5) is 13.8. The Balaban J connectivity index is 2.33. The van der Waals surface area contributed by atoms with Crippen LogP contribution in [0.1, 0.15) is 23.6 Å². The fraction of sp³-hybridized carbons (Fsp3) is 0.500. The molecule has 5 heteroatoms. The molecule has 0 aromatic heterocycles. The van der Waals surface area contributed by atoms with E-state index in [9.17, 15) is 9.18 Å². The molecule has 19 heavy (non-hydrogen) atoms. The Labute approximate surface area is 112 Å². The zero-order valence-corrected chi connectivity index (χ0v) is 11.2. The van der Waals surface area contributed by atoms with Crippen LogP contribution in [-0.2, 0) is 4.79 Å². The summed E-state index contributed by atoms with van der Waals surface area (Å²) in [6.45, 7) is 5.16. The summed E-state index contributed by atoms with van der Waals surface area (Å²) in [5.41, 5.74) is 7.11. The van der Waals surface area contributed by atoms with Gasteiger partial charge in [-0.3, -0.25) is 9.69 Å². The predicted octanol–water partition coefficient (Wildman–Crippen LogP) is 0.956. The van der Waals surface area contributed by atoms with Gasteiger partial charge in [0.25, 0.3) is 0 Å². The minimum absolute atomic E-state index is 0.334. The van der Waals surface area contributed by atoms with Crippen molar-refractivity contribution in [1.82, 2.24) is 10.2 Å². The third-order valence-corrected chi connectivity index (χ3v) is 3.55. The molecule has 3 N–H and O–H groups in total. The van der Waals surface area contributed by atoms with Crippen LogP contribution in [0, 0.1) is 12.7 Å². The zero-order valence-electron chi connectivity index (χ0n) is 11.2. The van der Waals surface area contributed by atoms with Crippen LogP contribution >= 0.6 is 0 Å². The van der Waals surface area contributed by atoms with Gasteiger partial charge in [0, 0.05) is 19.6 Å². The van der Waals surface area contributed by atoms with Crippen molar-refractivity contribution >= 4 is 5.91 Å². The summed E-state index contributed by atoms with van der Waals surface area (Å²) in [5, 5.41) is 3.28. The lowest BCUT2D eigenvalue weighted by atomic mass is 9.99. The van der Waals surface area contributed by atoms with E-state index < -0.39 is 11.9 Å². The molecule has 1 fully saturated rings. The molecule has 1 aliphatic rings. The first-order valence-corrected chi connectivity index (χ1v) is 6.59. The van der Waals surface area contributed by atoms with Crippen LogP contribution in [0.3, 0.4) is 0 Å². The van der Waals surface area contributed by atoms with Crippen molar-refractivity contribution in [2.75, 3.05) is 26.2 Å². The molecule has 1 aromatic rings. The highest BCUT2D eigenvalue weighted by molar-refractivity contribution is 5.81. The highest BCUT2D eigenvalue weighted by Gasteiger charge is 2.27. The minimum atomic E-state index is -0.546. The van der Waals surface area contributed by atoms with Crippen LogP contribution in [0.5, 0.6) is 0 Å². The van der Waals surface area contributed by atoms with Gasteiger partial charge in [-0.1, -0.05) is 6.07 Å². The third-order valence-electron chi connectivity index (χ3n) is 3.55. The number of nitrogens with zero attached hydrogens (tertiary/aromatic N) is 1. The number of aryl methyl sites for hydroxylation is 1. The SMILES string of the molecule is Cc1ccc(F)cc1C(C(N)=O)N1CCCNCC1. The van der Waals surface area contributed by atoms with Crippen LogP contribution in [0.4, 0.5) is 4.39 Å². The molecule has 1 heterocycles. The molecule has 1 saturated heterocycles. The van der Waals surface area contributed by atoms with Crippen LogP contribution in [0.2, 0.25) is 0 Å². The van der Waals surface area contributed by atoms with Crippen molar-refractivity contribution in [2.24, 2.45) is 5.73 Å². The van der Waals surface area contributed by atoms with Crippen molar-refractivity contribution in [3.05, 3.63) is 35.1 Å². The smallest absolute Gasteiger partial charge is 0.239 e. The lowest BCUT2D eigenvalue weighted by Gasteiger charge is -2.29. The second kappa shape index (κ2) is 6.12. The normalized spacial score (nSPS) is 18.8. The molecule has 0 bridgehead atoms. The standard InChI is InChI=1S/C14H20FN3O/c1-10-3-4-11(15)9-12(10)13(14(16)19)18-7-2-5-17-6-8-18/h3-4,9,13,17H,2,5-8H2,1H3,(H2,16,19). The number of benzene rings is 1. The van der Waals surface area contributed by atoms with Crippen molar-refractivity contribution in [3.8, 4) is 0 Å². The highest BCUT2D eigenvalue weighted by atomic mass is 19.1. The molecular formula is C14H20FN3O. The lowest BCUT2D eigenvalue weighted by Crippen LogP contribution is -2.40. The molecular weight excluding hydrogens is 245 g/mol. The fourth-order valence-electron chi connectivity index (χ4n) is 2.56. The second-order valence-electron chi connectivity index (χ2n) is 4.95. The molecule has 1 aliphatic heterocycles. The van der Waals surface area contributed by atoms with Crippen molar-refractivity contribution in [1.29, 1.82) is 0 Å². The van der Waals surface area contributed by atoms with Crippen LogP contribution < -0.4 is 11.1 Å². The van der Waals surface area contributed by atoms with E-state index in [-0.39, 0.29) is 5.82 Å². The first-order valence-electron chi connectivity index (χ1n) is 6.59. The minimum Gasteiger partial charge on any atom is -0.368 e. The van der Waals surface area contributed by atoms with Crippen LogP contribution in [0.25, 0.3) is 0 Å². The number of hydrogen-bond acceptors (Lipinski definition) is 3. The van der Waals surface area contributed by atoms with Gasteiger partial charge in [0.2, 0.25) is 5.91 Å². The number of amides is 1. The van der Waals surface area contributed by atoms with E-state index >= 15 is 0 Å². The molecule has 0 spiro atoms. The Kier molecular flexibility index (Phi) is 4.50. The van der Waals surface area contributed by atoms with Crippen molar-refractivity contribution in [2.45, 2.75) is 19.4 Å². The largest absolute Gasteiger partial charge is 0.368 e. The van der Waals surface area contributed by atoms with Gasteiger partial charge >= 0.3 is 0 Å². The molecule has 1 aromatic carbocycles. The number of rotatable bonds is 3. The molecule has 1 unspecified atom stereocenters. The van der Waals surface area contributed by atoms with Crippen molar-refractivity contribution in [3.63, 3.8) is 0 Å². The molecule has 2 rings (SSSR count). The van der Waals surface area contributed by atoms with Gasteiger partial charge in [-0.2, -0.15) is 0 Å². The first kappa shape index (κ1) is 14.0. The number of halogens is 1. The summed E-state index contributed by atoms with van der Waals surface area (Å²) in [6.07, 6.45) is 0.956. The molecule has 4 nitrogen and oxygen atoms in total. The molecule has 1 atom stereocenters. The van der Waals surface area contributed by atoms with Gasteiger partial charge in [-0.05, 0) is 43.1 Å². The average Bonchev–Trinajstić information content (AvgIpc) is 2.62. The number of carbonyl (C=O) groups is 1. The maximum Gasteiger partial charge on any atom is 0.239 e. The van der Waals surface area contributed by atoms with Gasteiger partial charge in [-0.15, -0.1) is 0 Å². The zero-order chi connectivity index (χ0) is 13.8. The number of primary amides is 1. The second-order valence-corrected chi connectivity index (χ2v) is 4.95. The van der Waals surface area contributed by atoms with E-state index in [1.54, 1.807) is 6.07 Å². The fourth-order valence-corrected chi connectivity index (χ4v) is 2.56. The van der Waals surface area contributed by atoms with Gasteiger partial charge < -0.3 is 11.1 Å². The third kappa shape index (κ3) is 3.30. The number of nitrogens with one attached hydrogen (secondary N) is 1. The number of carbonyl (C=O) groups excluding carboxylic acids is 1. The highest BCUT2D eigenvalue weighted by Crippen LogP contribution is 2.25. The van der Waals surface area contributed by atoms with E-state index in [1.165, 1.54) is 12.1 Å². The molecule has 104 valence electrons. The molecule has 0 aliphatic carbocycles.